The number of hydrogen-bond donors (Lipinski definition) is 1. The third kappa shape index (κ3) is 3.32. The molecule has 1 aliphatic rings. The summed E-state index contributed by atoms with van der Waals surface area (Å²) >= 11 is 0. The first kappa shape index (κ1) is 16.3. The highest BCUT2D eigenvalue weighted by Gasteiger charge is 2.18. The molecule has 4 rings (SSSR count). The number of pyridine rings is 1. The van der Waals surface area contributed by atoms with Crippen LogP contribution in [0.25, 0.3) is 16.9 Å². The Morgan fingerprint density at radius 3 is 2.52 bits per heavy atom. The van der Waals surface area contributed by atoms with Crippen molar-refractivity contribution in [1.29, 1.82) is 0 Å². The van der Waals surface area contributed by atoms with Gasteiger partial charge in [0, 0.05) is 44.5 Å². The average Bonchev–Trinajstić information content (AvgIpc) is 3.01. The molecule has 3 heterocycles. The van der Waals surface area contributed by atoms with E-state index in [1.54, 1.807) is 0 Å². The summed E-state index contributed by atoms with van der Waals surface area (Å²) in [5, 5.41) is 3.43. The zero-order chi connectivity index (χ0) is 17.2. The highest BCUT2D eigenvalue weighted by atomic mass is 15.2. The molecule has 0 unspecified atom stereocenters. The van der Waals surface area contributed by atoms with E-state index >= 15 is 0 Å². The molecule has 2 aromatic heterocycles. The maximum atomic E-state index is 4.94. The summed E-state index contributed by atoms with van der Waals surface area (Å²) < 4.78 is 2.24. The van der Waals surface area contributed by atoms with Crippen LogP contribution in [0.4, 0.5) is 0 Å². The quantitative estimate of drug-likeness (QED) is 0.792. The number of hydrogen-bond acceptors (Lipinski definition) is 3. The number of nitrogens with zero attached hydrogens (tertiary/aromatic N) is 3. The van der Waals surface area contributed by atoms with E-state index in [9.17, 15) is 0 Å². The highest BCUT2D eigenvalue weighted by Crippen LogP contribution is 2.27. The van der Waals surface area contributed by atoms with Gasteiger partial charge in [0.1, 0.15) is 5.65 Å². The van der Waals surface area contributed by atoms with Crippen molar-refractivity contribution in [3.8, 4) is 11.3 Å². The van der Waals surface area contributed by atoms with Crippen molar-refractivity contribution < 1.29 is 0 Å². The minimum absolute atomic E-state index is 0.551. The first-order valence-corrected chi connectivity index (χ1v) is 9.22. The Hall–Kier alpha value is -2.17. The van der Waals surface area contributed by atoms with Crippen molar-refractivity contribution in [2.24, 2.45) is 0 Å². The summed E-state index contributed by atoms with van der Waals surface area (Å²) in [6, 6.07) is 15.1. The summed E-state index contributed by atoms with van der Waals surface area (Å²) in [6.45, 7) is 9.71. The van der Waals surface area contributed by atoms with Crippen molar-refractivity contribution in [2.75, 3.05) is 26.2 Å². The maximum absolute atomic E-state index is 4.94. The largest absolute Gasteiger partial charge is 0.314 e. The van der Waals surface area contributed by atoms with Gasteiger partial charge in [0.2, 0.25) is 0 Å². The molecule has 0 saturated carbocycles. The summed E-state index contributed by atoms with van der Waals surface area (Å²) in [5.74, 6) is 0.551. The van der Waals surface area contributed by atoms with Gasteiger partial charge in [-0.15, -0.1) is 0 Å². The Morgan fingerprint density at radius 1 is 1.04 bits per heavy atom. The predicted octanol–water partition coefficient (Wildman–Crippen LogP) is 3.53. The number of aromatic nitrogens is 2. The van der Waals surface area contributed by atoms with Crippen molar-refractivity contribution >= 4 is 5.65 Å². The molecule has 4 nitrogen and oxygen atoms in total. The summed E-state index contributed by atoms with van der Waals surface area (Å²) in [4.78, 5) is 7.46. The summed E-state index contributed by atoms with van der Waals surface area (Å²) in [5.41, 5.74) is 6.00. The van der Waals surface area contributed by atoms with Crippen LogP contribution in [0.1, 0.15) is 31.0 Å². The van der Waals surface area contributed by atoms with Gasteiger partial charge >= 0.3 is 0 Å². The molecule has 4 heteroatoms. The van der Waals surface area contributed by atoms with Gasteiger partial charge in [-0.1, -0.05) is 44.2 Å². The van der Waals surface area contributed by atoms with Crippen LogP contribution >= 0.6 is 0 Å². The lowest BCUT2D eigenvalue weighted by atomic mass is 10.0. The van der Waals surface area contributed by atoms with Gasteiger partial charge < -0.3 is 9.72 Å². The Kier molecular flexibility index (Phi) is 4.55. The molecule has 1 N–H and O–H groups in total. The molecule has 0 bridgehead atoms. The standard InChI is InChI=1S/C21H26N4/c1-16(2)17-6-8-18(9-7-17)21-19(15-24-13-10-22-11-14-24)25-12-4-3-5-20(25)23-21/h3-9,12,16,22H,10-11,13-15H2,1-2H3. The highest BCUT2D eigenvalue weighted by molar-refractivity contribution is 5.67. The number of rotatable bonds is 4. The van der Waals surface area contributed by atoms with Crippen LogP contribution in [-0.2, 0) is 6.54 Å². The minimum Gasteiger partial charge on any atom is -0.314 e. The van der Waals surface area contributed by atoms with Gasteiger partial charge in [-0.3, -0.25) is 4.90 Å². The number of imidazole rings is 1. The van der Waals surface area contributed by atoms with Gasteiger partial charge in [0.15, 0.2) is 0 Å². The SMILES string of the molecule is CC(C)c1ccc(-c2nc3ccccn3c2CN2CCNCC2)cc1. The monoisotopic (exact) mass is 334 g/mol. The van der Waals surface area contributed by atoms with Crippen LogP contribution in [0.3, 0.4) is 0 Å². The van der Waals surface area contributed by atoms with Crippen LogP contribution in [0.2, 0.25) is 0 Å². The Morgan fingerprint density at radius 2 is 1.80 bits per heavy atom. The second-order valence-corrected chi connectivity index (χ2v) is 7.14. The molecule has 0 radical (unpaired) electrons. The van der Waals surface area contributed by atoms with Crippen LogP contribution in [0, 0.1) is 0 Å². The zero-order valence-electron chi connectivity index (χ0n) is 15.1. The molecular formula is C21H26N4. The van der Waals surface area contributed by atoms with Crippen molar-refractivity contribution in [3.05, 3.63) is 59.9 Å². The molecular weight excluding hydrogens is 308 g/mol. The minimum atomic E-state index is 0.551. The molecule has 1 saturated heterocycles. The maximum Gasteiger partial charge on any atom is 0.137 e. The topological polar surface area (TPSA) is 32.6 Å². The lowest BCUT2D eigenvalue weighted by Crippen LogP contribution is -2.43. The normalized spacial score (nSPS) is 16.0. The molecule has 1 fully saturated rings. The van der Waals surface area contributed by atoms with Gasteiger partial charge in [0.05, 0.1) is 11.4 Å². The van der Waals surface area contributed by atoms with Gasteiger partial charge in [-0.05, 0) is 23.6 Å². The van der Waals surface area contributed by atoms with Gasteiger partial charge in [-0.2, -0.15) is 0 Å². The molecule has 0 amide bonds. The lowest BCUT2D eigenvalue weighted by molar-refractivity contribution is 0.230. The van der Waals surface area contributed by atoms with Crippen molar-refractivity contribution in [2.45, 2.75) is 26.3 Å². The first-order valence-electron chi connectivity index (χ1n) is 9.22. The first-order chi connectivity index (χ1) is 12.2. The van der Waals surface area contributed by atoms with E-state index in [0.29, 0.717) is 5.92 Å². The molecule has 0 atom stereocenters. The third-order valence-electron chi connectivity index (χ3n) is 5.06. The van der Waals surface area contributed by atoms with Crippen LogP contribution in [-0.4, -0.2) is 40.5 Å². The fourth-order valence-electron chi connectivity index (χ4n) is 3.54. The van der Waals surface area contributed by atoms with E-state index in [-0.39, 0.29) is 0 Å². The predicted molar refractivity (Wildman–Crippen MR) is 103 cm³/mol. The smallest absolute Gasteiger partial charge is 0.137 e. The van der Waals surface area contributed by atoms with E-state index in [2.05, 4.69) is 77.1 Å². The fourth-order valence-corrected chi connectivity index (χ4v) is 3.54. The number of benzene rings is 1. The number of piperazine rings is 1. The number of fused-ring (bicyclic) bond motifs is 1. The third-order valence-corrected chi connectivity index (χ3v) is 5.06. The molecule has 0 spiro atoms. The molecule has 25 heavy (non-hydrogen) atoms. The van der Waals surface area contributed by atoms with E-state index in [4.69, 9.17) is 4.98 Å². The molecule has 1 aliphatic heterocycles. The lowest BCUT2D eigenvalue weighted by Gasteiger charge is -2.27. The van der Waals surface area contributed by atoms with Gasteiger partial charge in [-0.25, -0.2) is 4.98 Å². The Balaban J connectivity index is 1.75. The molecule has 1 aromatic carbocycles. The van der Waals surface area contributed by atoms with Crippen LogP contribution < -0.4 is 5.32 Å². The van der Waals surface area contributed by atoms with E-state index in [1.807, 2.05) is 0 Å². The summed E-state index contributed by atoms with van der Waals surface area (Å²) in [6.07, 6.45) is 2.13. The molecule has 0 aliphatic carbocycles. The molecule has 3 aromatic rings. The van der Waals surface area contributed by atoms with Gasteiger partial charge in [0.25, 0.3) is 0 Å². The van der Waals surface area contributed by atoms with Crippen LogP contribution in [0.5, 0.6) is 0 Å². The Bertz CT molecular complexity index is 842. The zero-order valence-corrected chi connectivity index (χ0v) is 15.1. The number of nitrogens with one attached hydrogen (secondary N) is 1. The second kappa shape index (κ2) is 6.98. The van der Waals surface area contributed by atoms with E-state index in [0.717, 1.165) is 44.1 Å². The fraction of sp³-hybridized carbons (Fsp3) is 0.381. The Labute approximate surface area is 149 Å². The van der Waals surface area contributed by atoms with Crippen LogP contribution in [0.15, 0.2) is 48.7 Å². The summed E-state index contributed by atoms with van der Waals surface area (Å²) in [7, 11) is 0. The van der Waals surface area contributed by atoms with E-state index in [1.165, 1.54) is 16.8 Å². The molecule has 130 valence electrons. The van der Waals surface area contributed by atoms with Crippen molar-refractivity contribution in [1.82, 2.24) is 19.6 Å². The van der Waals surface area contributed by atoms with E-state index < -0.39 is 0 Å². The van der Waals surface area contributed by atoms with Crippen molar-refractivity contribution in [3.63, 3.8) is 0 Å². The average molecular weight is 334 g/mol. The second-order valence-electron chi connectivity index (χ2n) is 7.14.